The number of benzene rings is 1. The molecule has 0 fully saturated rings. The highest BCUT2D eigenvalue weighted by Crippen LogP contribution is 2.20. The lowest BCUT2D eigenvalue weighted by atomic mass is 10.1. The highest BCUT2D eigenvalue weighted by Gasteiger charge is 2.02. The third kappa shape index (κ3) is 3.67. The van der Waals surface area contributed by atoms with Crippen LogP contribution < -0.4 is 11.1 Å². The Hall–Kier alpha value is -0.830. The van der Waals surface area contributed by atoms with Gasteiger partial charge in [-0.05, 0) is 37.3 Å². The second-order valence-corrected chi connectivity index (χ2v) is 5.06. The number of thioether (sulfide) groups is 1. The maximum absolute atomic E-state index is 5.83. The van der Waals surface area contributed by atoms with Crippen molar-refractivity contribution in [3.63, 3.8) is 0 Å². The molecule has 1 aromatic rings. The minimum atomic E-state index is 0.707. The molecule has 0 aromatic heterocycles. The summed E-state index contributed by atoms with van der Waals surface area (Å²) in [5, 5.41) is 4.13. The molecule has 0 bridgehead atoms. The molecule has 84 valence electrons. The molecule has 1 rings (SSSR count). The summed E-state index contributed by atoms with van der Waals surface area (Å²) in [4.78, 5) is 0. The first-order valence-electron chi connectivity index (χ1n) is 5.27. The normalized spacial score (nSPS) is 12.5. The number of hydrogen-bond acceptors (Lipinski definition) is 3. The van der Waals surface area contributed by atoms with Gasteiger partial charge >= 0.3 is 0 Å². The van der Waals surface area contributed by atoms with Crippen molar-refractivity contribution >= 4 is 23.1 Å². The van der Waals surface area contributed by atoms with Crippen LogP contribution >= 0.6 is 11.8 Å². The SMILES string of the molecule is CSC(C)CCNc1cccc(N)c1C. The van der Waals surface area contributed by atoms with Crippen LogP contribution in [0, 0.1) is 6.92 Å². The van der Waals surface area contributed by atoms with Gasteiger partial charge in [0.2, 0.25) is 0 Å². The Kier molecular flexibility index (Phi) is 4.82. The molecule has 0 amide bonds. The van der Waals surface area contributed by atoms with Crippen LogP contribution in [0.25, 0.3) is 0 Å². The molecule has 15 heavy (non-hydrogen) atoms. The lowest BCUT2D eigenvalue weighted by Crippen LogP contribution is -2.09. The van der Waals surface area contributed by atoms with E-state index in [1.165, 1.54) is 6.42 Å². The van der Waals surface area contributed by atoms with Crippen molar-refractivity contribution in [3.8, 4) is 0 Å². The van der Waals surface area contributed by atoms with Crippen LogP contribution in [0.1, 0.15) is 18.9 Å². The first-order chi connectivity index (χ1) is 7.15. The van der Waals surface area contributed by atoms with Crippen LogP contribution in [0.3, 0.4) is 0 Å². The number of anilines is 2. The molecule has 1 atom stereocenters. The highest BCUT2D eigenvalue weighted by atomic mass is 32.2. The van der Waals surface area contributed by atoms with Crippen molar-refractivity contribution in [1.82, 2.24) is 0 Å². The summed E-state index contributed by atoms with van der Waals surface area (Å²) in [5.74, 6) is 0. The lowest BCUT2D eigenvalue weighted by Gasteiger charge is -2.13. The van der Waals surface area contributed by atoms with E-state index in [0.717, 1.165) is 23.5 Å². The van der Waals surface area contributed by atoms with E-state index in [-0.39, 0.29) is 0 Å². The molecule has 0 saturated carbocycles. The van der Waals surface area contributed by atoms with Gasteiger partial charge in [-0.15, -0.1) is 0 Å². The van der Waals surface area contributed by atoms with Crippen molar-refractivity contribution in [1.29, 1.82) is 0 Å². The van der Waals surface area contributed by atoms with Gasteiger partial charge in [-0.1, -0.05) is 13.0 Å². The summed E-state index contributed by atoms with van der Waals surface area (Å²) >= 11 is 1.90. The van der Waals surface area contributed by atoms with Crippen molar-refractivity contribution in [2.75, 3.05) is 23.9 Å². The number of nitrogens with two attached hydrogens (primary N) is 1. The van der Waals surface area contributed by atoms with Crippen molar-refractivity contribution in [3.05, 3.63) is 23.8 Å². The minimum Gasteiger partial charge on any atom is -0.398 e. The fraction of sp³-hybridized carbons (Fsp3) is 0.500. The quantitative estimate of drug-likeness (QED) is 0.755. The van der Waals surface area contributed by atoms with Gasteiger partial charge in [0.15, 0.2) is 0 Å². The summed E-state index contributed by atoms with van der Waals surface area (Å²) in [7, 11) is 0. The van der Waals surface area contributed by atoms with Crippen LogP contribution in [0.15, 0.2) is 18.2 Å². The molecule has 0 aliphatic carbocycles. The maximum atomic E-state index is 5.83. The molecular formula is C12H20N2S. The van der Waals surface area contributed by atoms with E-state index in [0.29, 0.717) is 5.25 Å². The van der Waals surface area contributed by atoms with E-state index >= 15 is 0 Å². The number of nitrogen functional groups attached to an aromatic ring is 1. The van der Waals surface area contributed by atoms with Gasteiger partial charge in [-0.2, -0.15) is 11.8 Å². The Labute approximate surface area is 96.6 Å². The minimum absolute atomic E-state index is 0.707. The molecule has 3 N–H and O–H groups in total. The molecule has 0 saturated heterocycles. The van der Waals surface area contributed by atoms with Crippen LogP contribution in [0.2, 0.25) is 0 Å². The lowest BCUT2D eigenvalue weighted by molar-refractivity contribution is 0.853. The van der Waals surface area contributed by atoms with Crippen molar-refractivity contribution < 1.29 is 0 Å². The van der Waals surface area contributed by atoms with E-state index in [1.807, 2.05) is 23.9 Å². The van der Waals surface area contributed by atoms with E-state index in [4.69, 9.17) is 5.73 Å². The average molecular weight is 224 g/mol. The molecule has 0 aliphatic heterocycles. The van der Waals surface area contributed by atoms with E-state index in [1.54, 1.807) is 0 Å². The van der Waals surface area contributed by atoms with Gasteiger partial charge < -0.3 is 11.1 Å². The summed E-state index contributed by atoms with van der Waals surface area (Å²) in [5.41, 5.74) is 9.00. The Morgan fingerprint density at radius 2 is 2.20 bits per heavy atom. The fourth-order valence-corrected chi connectivity index (χ4v) is 1.73. The van der Waals surface area contributed by atoms with Crippen molar-refractivity contribution in [2.24, 2.45) is 0 Å². The molecule has 0 spiro atoms. The third-order valence-corrected chi connectivity index (χ3v) is 3.68. The molecule has 0 radical (unpaired) electrons. The zero-order chi connectivity index (χ0) is 11.3. The topological polar surface area (TPSA) is 38.0 Å². The predicted molar refractivity (Wildman–Crippen MR) is 71.7 cm³/mol. The van der Waals surface area contributed by atoms with Crippen LogP contribution in [-0.2, 0) is 0 Å². The van der Waals surface area contributed by atoms with Crippen molar-refractivity contribution in [2.45, 2.75) is 25.5 Å². The van der Waals surface area contributed by atoms with E-state index in [2.05, 4.69) is 31.5 Å². The number of rotatable bonds is 5. The molecule has 1 unspecified atom stereocenters. The highest BCUT2D eigenvalue weighted by molar-refractivity contribution is 7.99. The Bertz CT molecular complexity index is 312. The Morgan fingerprint density at radius 1 is 1.47 bits per heavy atom. The molecule has 1 aromatic carbocycles. The Morgan fingerprint density at radius 3 is 2.87 bits per heavy atom. The third-order valence-electron chi connectivity index (χ3n) is 2.64. The summed E-state index contributed by atoms with van der Waals surface area (Å²) in [6, 6.07) is 6.00. The molecule has 0 heterocycles. The molecule has 2 nitrogen and oxygen atoms in total. The van der Waals surface area contributed by atoms with Gasteiger partial charge in [0.1, 0.15) is 0 Å². The van der Waals surface area contributed by atoms with E-state index < -0.39 is 0 Å². The van der Waals surface area contributed by atoms with Gasteiger partial charge in [0.25, 0.3) is 0 Å². The Balaban J connectivity index is 2.47. The van der Waals surface area contributed by atoms with Crippen LogP contribution in [-0.4, -0.2) is 18.1 Å². The largest absolute Gasteiger partial charge is 0.398 e. The van der Waals surface area contributed by atoms with Crippen LogP contribution in [0.4, 0.5) is 11.4 Å². The summed E-state index contributed by atoms with van der Waals surface area (Å²) in [6.07, 6.45) is 3.33. The van der Waals surface area contributed by atoms with Crippen LogP contribution in [0.5, 0.6) is 0 Å². The number of hydrogen-bond donors (Lipinski definition) is 2. The first kappa shape index (κ1) is 12.2. The smallest absolute Gasteiger partial charge is 0.0390 e. The van der Waals surface area contributed by atoms with Gasteiger partial charge in [0.05, 0.1) is 0 Å². The summed E-state index contributed by atoms with van der Waals surface area (Å²) in [6.45, 7) is 5.31. The second kappa shape index (κ2) is 5.91. The second-order valence-electron chi connectivity index (χ2n) is 3.78. The molecular weight excluding hydrogens is 204 g/mol. The fourth-order valence-electron chi connectivity index (χ4n) is 1.37. The average Bonchev–Trinajstić information content (AvgIpc) is 2.24. The van der Waals surface area contributed by atoms with E-state index in [9.17, 15) is 0 Å². The first-order valence-corrected chi connectivity index (χ1v) is 6.55. The van der Waals surface area contributed by atoms with Gasteiger partial charge in [-0.25, -0.2) is 0 Å². The summed E-state index contributed by atoms with van der Waals surface area (Å²) < 4.78 is 0. The standard InChI is InChI=1S/C12H20N2S/c1-9(15-3)7-8-14-12-6-4-5-11(13)10(12)2/h4-6,9,14H,7-8,13H2,1-3H3. The maximum Gasteiger partial charge on any atom is 0.0390 e. The van der Waals surface area contributed by atoms with Gasteiger partial charge in [-0.3, -0.25) is 0 Å². The molecule has 3 heteroatoms. The zero-order valence-electron chi connectivity index (χ0n) is 9.71. The predicted octanol–water partition coefficient (Wildman–Crippen LogP) is 3.13. The van der Waals surface area contributed by atoms with Gasteiger partial charge in [0, 0.05) is 23.2 Å². The number of nitrogens with one attached hydrogen (secondary N) is 1. The molecule has 0 aliphatic rings. The zero-order valence-corrected chi connectivity index (χ0v) is 10.5. The monoisotopic (exact) mass is 224 g/mol.